The average molecular weight is 461 g/mol. The lowest BCUT2D eigenvalue weighted by Crippen LogP contribution is -2.23. The van der Waals surface area contributed by atoms with Crippen molar-refractivity contribution in [2.24, 2.45) is 5.84 Å². The van der Waals surface area contributed by atoms with Gasteiger partial charge in [-0.05, 0) is 49.2 Å². The van der Waals surface area contributed by atoms with Crippen molar-refractivity contribution in [1.82, 2.24) is 9.97 Å². The van der Waals surface area contributed by atoms with Crippen LogP contribution in [0.1, 0.15) is 13.8 Å². The van der Waals surface area contributed by atoms with Crippen molar-refractivity contribution in [1.29, 1.82) is 0 Å². The molecule has 174 valence electrons. The Morgan fingerprint density at radius 2 is 1.94 bits per heavy atom. The molecule has 0 bridgehead atoms. The molecule has 0 amide bonds. The van der Waals surface area contributed by atoms with E-state index >= 15 is 0 Å². The van der Waals surface area contributed by atoms with Crippen LogP contribution in [0.5, 0.6) is 11.5 Å². The van der Waals surface area contributed by atoms with Gasteiger partial charge in [-0.3, -0.25) is 4.79 Å². The van der Waals surface area contributed by atoms with Gasteiger partial charge in [-0.15, -0.1) is 0 Å². The molecule has 0 aliphatic rings. The second-order valence-corrected chi connectivity index (χ2v) is 6.83. The van der Waals surface area contributed by atoms with Crippen LogP contribution in [0.25, 0.3) is 22.5 Å². The van der Waals surface area contributed by atoms with Crippen molar-refractivity contribution in [2.45, 2.75) is 20.0 Å². The van der Waals surface area contributed by atoms with E-state index in [-0.39, 0.29) is 35.2 Å². The van der Waals surface area contributed by atoms with Gasteiger partial charge in [0.1, 0.15) is 17.3 Å². The van der Waals surface area contributed by atoms with Crippen molar-refractivity contribution >= 4 is 17.5 Å². The van der Waals surface area contributed by atoms with Gasteiger partial charge in [-0.25, -0.2) is 20.0 Å². The Balaban J connectivity index is 2.11. The number of ether oxygens (including phenoxy) is 2. The smallest absolute Gasteiger partial charge is 0.344 e. The minimum atomic E-state index is -1.39. The van der Waals surface area contributed by atoms with Crippen LogP contribution in [-0.2, 0) is 4.79 Å². The van der Waals surface area contributed by atoms with Crippen molar-refractivity contribution < 1.29 is 28.2 Å². The first kappa shape index (κ1) is 23.5. The van der Waals surface area contributed by atoms with E-state index < -0.39 is 35.0 Å². The molecule has 33 heavy (non-hydrogen) atoms. The molecule has 0 fully saturated rings. The number of hydrogen-bond acceptors (Lipinski definition) is 8. The number of aromatic amines is 1. The number of nitrogens with zero attached hydrogens (tertiary/aromatic N) is 1. The highest BCUT2D eigenvalue weighted by atomic mass is 19.2. The molecule has 0 saturated carbocycles. The first-order chi connectivity index (χ1) is 15.7. The van der Waals surface area contributed by atoms with Crippen molar-refractivity contribution in [3.05, 3.63) is 52.3 Å². The van der Waals surface area contributed by atoms with Gasteiger partial charge in [0.15, 0.2) is 23.5 Å². The molecule has 2 aromatic carbocycles. The van der Waals surface area contributed by atoms with Crippen molar-refractivity contribution in [3.63, 3.8) is 0 Å². The molecular formula is C21H21F2N5O5. The Morgan fingerprint density at radius 1 is 1.24 bits per heavy atom. The highest BCUT2D eigenvalue weighted by Gasteiger charge is 2.20. The fourth-order valence-electron chi connectivity index (χ4n) is 2.95. The maximum absolute atomic E-state index is 14.2. The predicted molar refractivity (Wildman–Crippen MR) is 117 cm³/mol. The second kappa shape index (κ2) is 9.53. The number of aliphatic carboxylic acids is 1. The van der Waals surface area contributed by atoms with E-state index in [0.717, 1.165) is 6.07 Å². The van der Waals surface area contributed by atoms with Crippen LogP contribution in [0.3, 0.4) is 0 Å². The monoisotopic (exact) mass is 461 g/mol. The number of rotatable bonds is 8. The molecule has 0 radical (unpaired) electrons. The number of nitrogen functional groups attached to an aromatic ring is 2. The summed E-state index contributed by atoms with van der Waals surface area (Å²) in [5, 5.41) is 8.99. The summed E-state index contributed by atoms with van der Waals surface area (Å²) in [5.74, 6) is 1.31. The minimum absolute atomic E-state index is 0.0322. The number of hydrazine groups is 1. The summed E-state index contributed by atoms with van der Waals surface area (Å²) in [7, 11) is 0. The normalized spacial score (nSPS) is 11.7. The number of H-pyrrole nitrogens is 1. The summed E-state index contributed by atoms with van der Waals surface area (Å²) in [4.78, 5) is 29.8. The summed E-state index contributed by atoms with van der Waals surface area (Å²) in [6, 6.07) is 6.76. The molecule has 1 atom stereocenters. The standard InChI is InChI=1S/C21H21F2N5O5/c1-3-32-14-7-10(4-5-12(14)18-26-19(28-25)17(24)20(29)27-18)11-6-13(22)16(23)15(8-11)33-9(2)21(30)31/h4-9H,3,24-25H2,1-2H3,(H,30,31)(H2,26,27,28,29). The van der Waals surface area contributed by atoms with Gasteiger partial charge in [0.25, 0.3) is 5.56 Å². The molecule has 1 heterocycles. The molecule has 0 aliphatic carbocycles. The topological polar surface area (TPSA) is 166 Å². The largest absolute Gasteiger partial charge is 0.493 e. The zero-order valence-corrected chi connectivity index (χ0v) is 17.6. The van der Waals surface area contributed by atoms with Crippen LogP contribution in [-0.4, -0.2) is 33.8 Å². The van der Waals surface area contributed by atoms with Crippen LogP contribution in [0.15, 0.2) is 35.1 Å². The summed E-state index contributed by atoms with van der Waals surface area (Å²) >= 11 is 0. The number of halogens is 2. The molecule has 12 heteroatoms. The lowest BCUT2D eigenvalue weighted by molar-refractivity contribution is -0.144. The maximum Gasteiger partial charge on any atom is 0.344 e. The summed E-state index contributed by atoms with van der Waals surface area (Å²) in [5.41, 5.74) is 8.07. The first-order valence-electron chi connectivity index (χ1n) is 9.68. The predicted octanol–water partition coefficient (Wildman–Crippen LogP) is 2.50. The Kier molecular flexibility index (Phi) is 6.78. The van der Waals surface area contributed by atoms with E-state index in [4.69, 9.17) is 26.2 Å². The number of nitrogens with one attached hydrogen (secondary N) is 2. The summed E-state index contributed by atoms with van der Waals surface area (Å²) in [6.07, 6.45) is -1.39. The van der Waals surface area contributed by atoms with E-state index in [1.807, 2.05) is 0 Å². The number of carboxylic acids is 1. The number of nitrogens with two attached hydrogens (primary N) is 2. The van der Waals surface area contributed by atoms with Crippen molar-refractivity contribution in [2.75, 3.05) is 17.8 Å². The molecule has 7 N–H and O–H groups in total. The number of aromatic nitrogens is 2. The van der Waals surface area contributed by atoms with Gasteiger partial charge in [0.2, 0.25) is 5.82 Å². The van der Waals surface area contributed by atoms with Gasteiger partial charge in [-0.2, -0.15) is 4.39 Å². The lowest BCUT2D eigenvalue weighted by Gasteiger charge is -2.15. The fourth-order valence-corrected chi connectivity index (χ4v) is 2.95. The number of carbonyl (C=O) groups is 1. The van der Waals surface area contributed by atoms with Crippen molar-refractivity contribution in [3.8, 4) is 34.0 Å². The molecule has 3 aromatic rings. The van der Waals surface area contributed by atoms with Gasteiger partial charge in [0, 0.05) is 0 Å². The minimum Gasteiger partial charge on any atom is -0.493 e. The molecule has 0 aliphatic heterocycles. The van der Waals surface area contributed by atoms with E-state index in [9.17, 15) is 18.4 Å². The molecule has 0 saturated heterocycles. The number of hydrogen-bond donors (Lipinski definition) is 5. The number of carboxylic acid groups (broad SMARTS) is 1. The number of anilines is 2. The second-order valence-electron chi connectivity index (χ2n) is 6.83. The third kappa shape index (κ3) is 4.85. The van der Waals surface area contributed by atoms with Crippen LogP contribution in [0, 0.1) is 11.6 Å². The van der Waals surface area contributed by atoms with Crippen LogP contribution < -0.4 is 32.0 Å². The van der Waals surface area contributed by atoms with Gasteiger partial charge >= 0.3 is 5.97 Å². The molecule has 3 rings (SSSR count). The van der Waals surface area contributed by atoms with Gasteiger partial charge in [0.05, 0.1) is 12.2 Å². The average Bonchev–Trinajstić information content (AvgIpc) is 2.78. The Bertz CT molecular complexity index is 1260. The quantitative estimate of drug-likeness (QED) is 0.250. The summed E-state index contributed by atoms with van der Waals surface area (Å²) < 4.78 is 39.1. The molecule has 1 aromatic heterocycles. The van der Waals surface area contributed by atoms with Crippen LogP contribution >= 0.6 is 0 Å². The Morgan fingerprint density at radius 3 is 2.58 bits per heavy atom. The van der Waals surface area contributed by atoms with Crippen LogP contribution in [0.4, 0.5) is 20.3 Å². The Hall–Kier alpha value is -4.19. The molecule has 10 nitrogen and oxygen atoms in total. The van der Waals surface area contributed by atoms with E-state index in [1.54, 1.807) is 19.1 Å². The Labute approximate surface area is 186 Å². The van der Waals surface area contributed by atoms with Gasteiger partial charge < -0.3 is 30.7 Å². The highest BCUT2D eigenvalue weighted by Crippen LogP contribution is 2.35. The molecule has 0 spiro atoms. The zero-order valence-electron chi connectivity index (χ0n) is 17.6. The van der Waals surface area contributed by atoms with E-state index in [0.29, 0.717) is 11.1 Å². The summed E-state index contributed by atoms with van der Waals surface area (Å²) in [6.45, 7) is 3.18. The van der Waals surface area contributed by atoms with Gasteiger partial charge in [-0.1, -0.05) is 6.07 Å². The SMILES string of the molecule is CCOc1cc(-c2cc(F)c(F)c(OC(C)C(=O)O)c2)ccc1-c1nc(NN)c(N)c(=O)[nH]1. The maximum atomic E-state index is 14.2. The highest BCUT2D eigenvalue weighted by molar-refractivity contribution is 5.76. The lowest BCUT2D eigenvalue weighted by atomic mass is 10.0. The number of benzene rings is 2. The zero-order chi connectivity index (χ0) is 24.3. The van der Waals surface area contributed by atoms with E-state index in [1.165, 1.54) is 19.1 Å². The first-order valence-corrected chi connectivity index (χ1v) is 9.68. The third-order valence-electron chi connectivity index (χ3n) is 4.61. The molecule has 1 unspecified atom stereocenters. The van der Waals surface area contributed by atoms with Crippen LogP contribution in [0.2, 0.25) is 0 Å². The third-order valence-corrected chi connectivity index (χ3v) is 4.61. The fraction of sp³-hybridized carbons (Fsp3) is 0.190. The van der Waals surface area contributed by atoms with E-state index in [2.05, 4.69) is 15.4 Å². The molecular weight excluding hydrogens is 440 g/mol.